The summed E-state index contributed by atoms with van der Waals surface area (Å²) in [7, 11) is 0. The Morgan fingerprint density at radius 3 is 2.64 bits per heavy atom. The van der Waals surface area contributed by atoms with E-state index in [2.05, 4.69) is 18.8 Å². The highest BCUT2D eigenvalue weighted by molar-refractivity contribution is 7.09. The molecule has 1 amide bonds. The van der Waals surface area contributed by atoms with Crippen LogP contribution in [0.1, 0.15) is 47.2 Å². The van der Waals surface area contributed by atoms with Crippen LogP contribution in [0.5, 0.6) is 0 Å². The van der Waals surface area contributed by atoms with Gasteiger partial charge in [0.15, 0.2) is 0 Å². The summed E-state index contributed by atoms with van der Waals surface area (Å²) in [4.78, 5) is 19.0. The average molecular weight is 317 g/mol. The molecular weight excluding hydrogens is 294 g/mol. The molecule has 0 aliphatic heterocycles. The lowest BCUT2D eigenvalue weighted by molar-refractivity contribution is 0.0737. The van der Waals surface area contributed by atoms with Gasteiger partial charge in [-0.15, -0.1) is 11.3 Å². The van der Waals surface area contributed by atoms with Gasteiger partial charge in [-0.05, 0) is 18.5 Å². The third-order valence-electron chi connectivity index (χ3n) is 3.37. The van der Waals surface area contributed by atoms with Gasteiger partial charge in [0.2, 0.25) is 0 Å². The van der Waals surface area contributed by atoms with E-state index in [4.69, 9.17) is 5.73 Å². The van der Waals surface area contributed by atoms with Gasteiger partial charge in [0.1, 0.15) is 5.69 Å². The lowest BCUT2D eigenvalue weighted by atomic mass is 10.2. The smallest absolute Gasteiger partial charge is 0.273 e. The maximum atomic E-state index is 12.7. The van der Waals surface area contributed by atoms with E-state index in [1.807, 2.05) is 40.6 Å². The van der Waals surface area contributed by atoms with Crippen LogP contribution in [0.3, 0.4) is 0 Å². The Hall–Kier alpha value is -1.72. The summed E-state index contributed by atoms with van der Waals surface area (Å²) >= 11 is 1.55. The molecule has 0 radical (unpaired) electrons. The molecule has 22 heavy (non-hydrogen) atoms. The predicted molar refractivity (Wildman–Crippen MR) is 91.1 cm³/mol. The van der Waals surface area contributed by atoms with E-state index in [1.165, 1.54) is 0 Å². The number of aromatic nitrogens is 1. The molecule has 2 N–H and O–H groups in total. The Morgan fingerprint density at radius 2 is 2.05 bits per heavy atom. The van der Waals surface area contributed by atoms with Crippen LogP contribution in [0.25, 0.3) is 0 Å². The number of thiazole rings is 1. The van der Waals surface area contributed by atoms with Crippen LogP contribution >= 0.6 is 11.3 Å². The maximum Gasteiger partial charge on any atom is 0.273 e. The number of carbonyl (C=O) groups is 1. The van der Waals surface area contributed by atoms with Crippen LogP contribution in [-0.4, -0.2) is 28.9 Å². The molecule has 2 rings (SSSR count). The van der Waals surface area contributed by atoms with E-state index in [1.54, 1.807) is 11.3 Å². The topological polar surface area (TPSA) is 59.2 Å². The quantitative estimate of drug-likeness (QED) is 0.852. The third kappa shape index (κ3) is 4.39. The maximum absolute atomic E-state index is 12.7. The Labute approximate surface area is 136 Å². The monoisotopic (exact) mass is 317 g/mol. The van der Waals surface area contributed by atoms with Crippen molar-refractivity contribution in [3.8, 4) is 0 Å². The van der Waals surface area contributed by atoms with E-state index < -0.39 is 0 Å². The zero-order chi connectivity index (χ0) is 15.9. The second-order valence-corrected chi connectivity index (χ2v) is 6.47. The van der Waals surface area contributed by atoms with Crippen molar-refractivity contribution in [2.75, 3.05) is 13.1 Å². The number of carbonyl (C=O) groups excluding carboxylic acids is 1. The first-order valence-corrected chi connectivity index (χ1v) is 8.48. The molecule has 1 heterocycles. The van der Waals surface area contributed by atoms with Gasteiger partial charge in [-0.25, -0.2) is 4.98 Å². The van der Waals surface area contributed by atoms with Crippen LogP contribution in [0.2, 0.25) is 0 Å². The van der Waals surface area contributed by atoms with Gasteiger partial charge >= 0.3 is 0 Å². The lowest BCUT2D eigenvalue weighted by Crippen LogP contribution is -2.32. The molecule has 118 valence electrons. The number of hydrogen-bond donors (Lipinski definition) is 1. The van der Waals surface area contributed by atoms with E-state index in [-0.39, 0.29) is 5.91 Å². The van der Waals surface area contributed by atoms with Crippen molar-refractivity contribution in [3.05, 3.63) is 52.0 Å². The molecule has 0 spiro atoms. The molecule has 1 aromatic heterocycles. The Bertz CT molecular complexity index is 595. The highest BCUT2D eigenvalue weighted by Crippen LogP contribution is 2.20. The van der Waals surface area contributed by atoms with Crippen molar-refractivity contribution in [2.45, 2.75) is 32.7 Å². The van der Waals surface area contributed by atoms with Gasteiger partial charge in [0.25, 0.3) is 5.91 Å². The molecule has 4 nitrogen and oxygen atoms in total. The summed E-state index contributed by atoms with van der Waals surface area (Å²) in [5.74, 6) is 0.332. The molecule has 0 saturated carbocycles. The predicted octanol–water partition coefficient (Wildman–Crippen LogP) is 3.26. The molecule has 0 bridgehead atoms. The summed E-state index contributed by atoms with van der Waals surface area (Å²) in [5, 5.41) is 2.86. The highest BCUT2D eigenvalue weighted by atomic mass is 32.1. The minimum atomic E-state index is -0.0135. The standard InChI is InChI=1S/C17H23N3OS/c1-13(2)16-19-15(12-22-16)17(21)20(10-6-9-18)11-14-7-4-3-5-8-14/h3-5,7-8,12-13H,6,9-11,18H2,1-2H3. The molecule has 0 aliphatic rings. The second-order valence-electron chi connectivity index (χ2n) is 5.58. The number of amides is 1. The molecule has 0 unspecified atom stereocenters. The fourth-order valence-electron chi connectivity index (χ4n) is 2.15. The summed E-state index contributed by atoms with van der Waals surface area (Å²) in [6.45, 7) is 5.99. The normalized spacial score (nSPS) is 10.9. The van der Waals surface area contributed by atoms with Crippen LogP contribution in [0, 0.1) is 0 Å². The van der Waals surface area contributed by atoms with Crippen molar-refractivity contribution >= 4 is 17.2 Å². The minimum Gasteiger partial charge on any atom is -0.333 e. The van der Waals surface area contributed by atoms with E-state index in [0.29, 0.717) is 31.2 Å². The van der Waals surface area contributed by atoms with Gasteiger partial charge in [-0.2, -0.15) is 0 Å². The summed E-state index contributed by atoms with van der Waals surface area (Å²) in [6, 6.07) is 10.0. The summed E-state index contributed by atoms with van der Waals surface area (Å²) < 4.78 is 0. The second kappa shape index (κ2) is 8.06. The Balaban J connectivity index is 2.14. The fourth-order valence-corrected chi connectivity index (χ4v) is 2.96. The Morgan fingerprint density at radius 1 is 1.32 bits per heavy atom. The van der Waals surface area contributed by atoms with E-state index >= 15 is 0 Å². The van der Waals surface area contributed by atoms with Crippen molar-refractivity contribution in [1.29, 1.82) is 0 Å². The first-order chi connectivity index (χ1) is 10.6. The number of rotatable bonds is 7. The number of nitrogens with zero attached hydrogens (tertiary/aromatic N) is 2. The minimum absolute atomic E-state index is 0.0135. The molecule has 0 atom stereocenters. The molecule has 1 aromatic carbocycles. The molecule has 0 saturated heterocycles. The Kier molecular flexibility index (Phi) is 6.10. The highest BCUT2D eigenvalue weighted by Gasteiger charge is 2.19. The molecular formula is C17H23N3OS. The SMILES string of the molecule is CC(C)c1nc(C(=O)N(CCCN)Cc2ccccc2)cs1. The lowest BCUT2D eigenvalue weighted by Gasteiger charge is -2.21. The van der Waals surface area contributed by atoms with E-state index in [9.17, 15) is 4.79 Å². The summed E-state index contributed by atoms with van der Waals surface area (Å²) in [5.41, 5.74) is 7.26. The first-order valence-electron chi connectivity index (χ1n) is 7.60. The van der Waals surface area contributed by atoms with Gasteiger partial charge < -0.3 is 10.6 Å². The largest absolute Gasteiger partial charge is 0.333 e. The van der Waals surface area contributed by atoms with Gasteiger partial charge in [0, 0.05) is 24.4 Å². The number of hydrogen-bond acceptors (Lipinski definition) is 4. The molecule has 0 aliphatic carbocycles. The van der Waals surface area contributed by atoms with Gasteiger partial charge in [0.05, 0.1) is 5.01 Å². The van der Waals surface area contributed by atoms with Crippen molar-refractivity contribution < 1.29 is 4.79 Å². The summed E-state index contributed by atoms with van der Waals surface area (Å²) in [6.07, 6.45) is 0.791. The molecule has 5 heteroatoms. The first kappa shape index (κ1) is 16.6. The van der Waals surface area contributed by atoms with Crippen molar-refractivity contribution in [1.82, 2.24) is 9.88 Å². The van der Waals surface area contributed by atoms with Crippen LogP contribution in [-0.2, 0) is 6.54 Å². The van der Waals surface area contributed by atoms with Crippen LogP contribution in [0.4, 0.5) is 0 Å². The van der Waals surface area contributed by atoms with Crippen LogP contribution in [0.15, 0.2) is 35.7 Å². The van der Waals surface area contributed by atoms with Crippen molar-refractivity contribution in [3.63, 3.8) is 0 Å². The van der Waals surface area contributed by atoms with Crippen LogP contribution < -0.4 is 5.73 Å². The molecule has 2 aromatic rings. The average Bonchev–Trinajstić information content (AvgIpc) is 3.02. The van der Waals surface area contributed by atoms with E-state index in [0.717, 1.165) is 17.0 Å². The number of benzene rings is 1. The third-order valence-corrected chi connectivity index (χ3v) is 4.52. The number of nitrogens with two attached hydrogens (primary N) is 1. The molecule has 0 fully saturated rings. The van der Waals surface area contributed by atoms with Gasteiger partial charge in [-0.1, -0.05) is 44.2 Å². The van der Waals surface area contributed by atoms with Crippen molar-refractivity contribution in [2.24, 2.45) is 5.73 Å². The fraction of sp³-hybridized carbons (Fsp3) is 0.412. The zero-order valence-electron chi connectivity index (χ0n) is 13.2. The zero-order valence-corrected chi connectivity index (χ0v) is 14.0. The van der Waals surface area contributed by atoms with Gasteiger partial charge in [-0.3, -0.25) is 4.79 Å².